The highest BCUT2D eigenvalue weighted by Gasteiger charge is 1.95. The second kappa shape index (κ2) is 22.9. The molecule has 2 heteroatoms. The molecule has 1 rings (SSSR count). The molecule has 0 saturated heterocycles. The van der Waals surface area contributed by atoms with Crippen LogP contribution < -0.4 is 5.73 Å². The average molecular weight is 380 g/mol. The van der Waals surface area contributed by atoms with Gasteiger partial charge in [-0.1, -0.05) is 97.8 Å². The van der Waals surface area contributed by atoms with Gasteiger partial charge in [0.15, 0.2) is 0 Å². The van der Waals surface area contributed by atoms with E-state index in [1.54, 1.807) is 0 Å². The predicted molar refractivity (Wildman–Crippen MR) is 125 cm³/mol. The second-order valence-electron chi connectivity index (χ2n) is 7.43. The van der Waals surface area contributed by atoms with E-state index in [4.69, 9.17) is 5.73 Å². The Kier molecular flexibility index (Phi) is 25.9. The van der Waals surface area contributed by atoms with Crippen molar-refractivity contribution in [3.8, 4) is 0 Å². The fourth-order valence-corrected chi connectivity index (χ4v) is 1.84. The van der Waals surface area contributed by atoms with Gasteiger partial charge in [0.25, 0.3) is 0 Å². The molecule has 2 N–H and O–H groups in total. The van der Waals surface area contributed by atoms with Crippen LogP contribution in [0.5, 0.6) is 0 Å². The molecule has 1 aromatic rings. The van der Waals surface area contributed by atoms with Crippen molar-refractivity contribution in [1.29, 1.82) is 0 Å². The molecule has 0 fully saturated rings. The summed E-state index contributed by atoms with van der Waals surface area (Å²) < 4.78 is 0. The molecule has 27 heavy (non-hydrogen) atoms. The number of rotatable bonds is 7. The monoisotopic (exact) mass is 379 g/mol. The van der Waals surface area contributed by atoms with Gasteiger partial charge in [0, 0.05) is 0 Å². The Morgan fingerprint density at radius 3 is 1.63 bits per heavy atom. The lowest BCUT2D eigenvalue weighted by atomic mass is 10.0. The molecule has 1 atom stereocenters. The zero-order chi connectivity index (χ0) is 21.7. The van der Waals surface area contributed by atoms with Crippen molar-refractivity contribution in [1.82, 2.24) is 0 Å². The maximum atomic E-state index is 9.69. The first-order valence-electron chi connectivity index (χ1n) is 10.9. The Bertz CT molecular complexity index is 418. The summed E-state index contributed by atoms with van der Waals surface area (Å²) >= 11 is 0. The highest BCUT2D eigenvalue weighted by molar-refractivity contribution is 5.77. The number of ketones is 1. The molecule has 0 aliphatic rings. The van der Waals surface area contributed by atoms with Gasteiger partial charge in [0.2, 0.25) is 0 Å². The zero-order valence-electron chi connectivity index (χ0n) is 20.0. The van der Waals surface area contributed by atoms with Crippen LogP contribution in [-0.2, 0) is 4.79 Å². The molecule has 0 aromatic heterocycles. The van der Waals surface area contributed by atoms with Crippen LogP contribution >= 0.6 is 0 Å². The lowest BCUT2D eigenvalue weighted by Crippen LogP contribution is -2.07. The first-order valence-corrected chi connectivity index (χ1v) is 10.9. The molecular weight excluding hydrogens is 330 g/mol. The third kappa shape index (κ3) is 24.9. The van der Waals surface area contributed by atoms with Gasteiger partial charge in [-0.05, 0) is 50.3 Å². The minimum atomic E-state index is 0.0324. The molecule has 0 heterocycles. The fraction of sp³-hybridized carbons (Fsp3) is 0.720. The molecule has 0 spiro atoms. The lowest BCUT2D eigenvalue weighted by Gasteiger charge is -2.05. The number of unbranched alkanes of at least 4 members (excludes halogenated alkanes) is 3. The summed E-state index contributed by atoms with van der Waals surface area (Å²) in [6.07, 6.45) is 9.64. The van der Waals surface area contributed by atoms with Crippen molar-refractivity contribution in [2.45, 2.75) is 107 Å². The van der Waals surface area contributed by atoms with Gasteiger partial charge in [0.05, 0.1) is 6.54 Å². The Morgan fingerprint density at radius 1 is 0.926 bits per heavy atom. The number of nitrogens with two attached hydrogens (primary N) is 1. The topological polar surface area (TPSA) is 43.1 Å². The van der Waals surface area contributed by atoms with Gasteiger partial charge in [-0.3, -0.25) is 4.79 Å². The van der Waals surface area contributed by atoms with Gasteiger partial charge in [-0.25, -0.2) is 0 Å². The van der Waals surface area contributed by atoms with Crippen LogP contribution in [0.3, 0.4) is 0 Å². The van der Waals surface area contributed by atoms with Crippen molar-refractivity contribution in [2.75, 3.05) is 6.54 Å². The quantitative estimate of drug-likeness (QED) is 0.496. The second-order valence-corrected chi connectivity index (χ2v) is 7.43. The van der Waals surface area contributed by atoms with Crippen LogP contribution in [0.2, 0.25) is 0 Å². The van der Waals surface area contributed by atoms with E-state index in [1.807, 2.05) is 0 Å². The molecule has 0 saturated carbocycles. The lowest BCUT2D eigenvalue weighted by molar-refractivity contribution is -0.115. The van der Waals surface area contributed by atoms with E-state index in [-0.39, 0.29) is 12.3 Å². The number of aryl methyl sites for hydroxylation is 2. The molecule has 1 unspecified atom stereocenters. The van der Waals surface area contributed by atoms with E-state index < -0.39 is 0 Å². The van der Waals surface area contributed by atoms with Gasteiger partial charge in [-0.15, -0.1) is 0 Å². The van der Waals surface area contributed by atoms with E-state index >= 15 is 0 Å². The summed E-state index contributed by atoms with van der Waals surface area (Å²) in [6.45, 7) is 19.3. The SMILES string of the molecule is CC(=O)CN.CCCC.CCCCCC(C)CC.Cc1cccc(C)c1C. The fourth-order valence-electron chi connectivity index (χ4n) is 1.84. The molecule has 0 aliphatic carbocycles. The first kappa shape index (κ1) is 30.6. The van der Waals surface area contributed by atoms with Crippen molar-refractivity contribution in [3.63, 3.8) is 0 Å². The van der Waals surface area contributed by atoms with Gasteiger partial charge in [-0.2, -0.15) is 0 Å². The molecule has 1 aromatic carbocycles. The third-order valence-corrected chi connectivity index (χ3v) is 4.66. The number of carbonyl (C=O) groups is 1. The number of hydrogen-bond acceptors (Lipinski definition) is 2. The van der Waals surface area contributed by atoms with E-state index in [9.17, 15) is 4.79 Å². The van der Waals surface area contributed by atoms with E-state index in [0.717, 1.165) is 5.92 Å². The summed E-state index contributed by atoms with van der Waals surface area (Å²) in [5.74, 6) is 0.988. The summed E-state index contributed by atoms with van der Waals surface area (Å²) in [6, 6.07) is 6.38. The maximum Gasteiger partial charge on any atom is 0.143 e. The standard InChI is InChI=1S/C9H12.C9H20.C4H10.C3H7NO/c1-7-5-4-6-8(2)9(7)3;1-4-6-7-8-9(3)5-2;1-3-4-2;1-3(5)2-4/h4-6H,1-3H3;9H,4-8H2,1-3H3;3-4H2,1-2H3;2,4H2,1H3. The predicted octanol–water partition coefficient (Wildman–Crippen LogP) is 7.57. The summed E-state index contributed by atoms with van der Waals surface area (Å²) in [5.41, 5.74) is 9.00. The summed E-state index contributed by atoms with van der Waals surface area (Å²) in [5, 5.41) is 0. The van der Waals surface area contributed by atoms with Gasteiger partial charge >= 0.3 is 0 Å². The Morgan fingerprint density at radius 2 is 1.37 bits per heavy atom. The number of hydrogen-bond donors (Lipinski definition) is 1. The van der Waals surface area contributed by atoms with E-state index in [0.29, 0.717) is 0 Å². The summed E-state index contributed by atoms with van der Waals surface area (Å²) in [4.78, 5) is 9.69. The minimum Gasteiger partial charge on any atom is -0.324 e. The van der Waals surface area contributed by atoms with Gasteiger partial charge < -0.3 is 5.73 Å². The van der Waals surface area contributed by atoms with E-state index in [2.05, 4.69) is 73.6 Å². The number of carbonyl (C=O) groups excluding carboxylic acids is 1. The number of benzene rings is 1. The van der Waals surface area contributed by atoms with Crippen LogP contribution in [0.4, 0.5) is 0 Å². The Hall–Kier alpha value is -1.15. The molecule has 160 valence electrons. The van der Waals surface area contributed by atoms with Crippen molar-refractivity contribution in [3.05, 3.63) is 34.9 Å². The van der Waals surface area contributed by atoms with Crippen LogP contribution in [0.25, 0.3) is 0 Å². The molecular formula is C25H49NO. The molecule has 2 nitrogen and oxygen atoms in total. The molecule has 0 radical (unpaired) electrons. The number of Topliss-reactive ketones (excluding diaryl/α,β-unsaturated/α-hetero) is 1. The van der Waals surface area contributed by atoms with Gasteiger partial charge in [0.1, 0.15) is 5.78 Å². The highest BCUT2D eigenvalue weighted by atomic mass is 16.1. The van der Waals surface area contributed by atoms with Crippen molar-refractivity contribution >= 4 is 5.78 Å². The third-order valence-electron chi connectivity index (χ3n) is 4.66. The van der Waals surface area contributed by atoms with Crippen LogP contribution in [0.15, 0.2) is 18.2 Å². The minimum absolute atomic E-state index is 0.0324. The van der Waals surface area contributed by atoms with E-state index in [1.165, 1.54) is 68.6 Å². The highest BCUT2D eigenvalue weighted by Crippen LogP contribution is 2.11. The Labute approximate surface area is 171 Å². The summed E-state index contributed by atoms with van der Waals surface area (Å²) in [7, 11) is 0. The maximum absolute atomic E-state index is 9.69. The normalized spacial score (nSPS) is 10.3. The van der Waals surface area contributed by atoms with Crippen molar-refractivity contribution in [2.24, 2.45) is 11.7 Å². The molecule has 0 bridgehead atoms. The average Bonchev–Trinajstić information content (AvgIpc) is 2.67. The smallest absolute Gasteiger partial charge is 0.143 e. The van der Waals surface area contributed by atoms with Crippen molar-refractivity contribution < 1.29 is 4.79 Å². The largest absolute Gasteiger partial charge is 0.324 e. The van der Waals surface area contributed by atoms with Crippen LogP contribution in [0.1, 0.15) is 103 Å². The first-order chi connectivity index (χ1) is 12.7. The Balaban J connectivity index is -0.000000302. The molecule has 0 amide bonds. The van der Waals surface area contributed by atoms with Crippen LogP contribution in [0, 0.1) is 26.7 Å². The van der Waals surface area contributed by atoms with Crippen LogP contribution in [-0.4, -0.2) is 12.3 Å². The molecule has 0 aliphatic heterocycles. The zero-order valence-corrected chi connectivity index (χ0v) is 20.0.